The van der Waals surface area contributed by atoms with Crippen LogP contribution in [0.4, 0.5) is 49.9 Å². The number of carbonyl (C=O) groups is 2. The molecule has 2 unspecified atom stereocenters. The van der Waals surface area contributed by atoms with Crippen LogP contribution in [0.25, 0.3) is 6.08 Å². The van der Waals surface area contributed by atoms with Gasteiger partial charge in [-0.05, 0) is 104 Å². The van der Waals surface area contributed by atoms with Crippen molar-refractivity contribution in [1.82, 2.24) is 4.98 Å². The van der Waals surface area contributed by atoms with Crippen molar-refractivity contribution < 1.29 is 27.5 Å². The third-order valence-corrected chi connectivity index (χ3v) is 19.0. The molecule has 0 saturated carbocycles. The van der Waals surface area contributed by atoms with E-state index in [4.69, 9.17) is 32.7 Å². The number of methoxy groups -OCH3 is 1. The number of aromatic nitrogens is 1. The number of unbranched alkanes of at least 4 members (excludes halogenated alkanes) is 5. The highest BCUT2D eigenvalue weighted by molar-refractivity contribution is 7.92. The average Bonchev–Trinajstić information content (AvgIpc) is 1.35. The SMILES string of the molecule is CCCCc1ccc(S(=O)(=O)Nc2cc(N(CCOCCC)CC(CC)C(CCC)CCCCCCC(=O)Nc3cc(N(CCCC)c4ccccc4)ccc3N=Nc3sc(C=C(C#N)C#N)c(Cl)c3C#N)c(OC)cc2N=Nc2nc(Cl)c(C=O)s2)cc1. The van der Waals surface area contributed by atoms with Crippen LogP contribution in [0.2, 0.25) is 10.2 Å². The molecule has 0 saturated heterocycles. The highest BCUT2D eigenvalue weighted by Crippen LogP contribution is 2.44. The molecule has 2 N–H and O–H groups in total. The number of thiophene rings is 1. The normalized spacial score (nSPS) is 12.1. The summed E-state index contributed by atoms with van der Waals surface area (Å²) in [6.07, 6.45) is 15.0. The number of benzene rings is 4. The predicted octanol–water partition coefficient (Wildman–Crippen LogP) is 19.2. The maximum absolute atomic E-state index is 14.2. The summed E-state index contributed by atoms with van der Waals surface area (Å²) in [5.74, 6) is 0.841. The molecule has 89 heavy (non-hydrogen) atoms. The number of thiazole rings is 1. The third-order valence-electron chi connectivity index (χ3n) is 14.9. The number of azo groups is 2. The number of hydrogen-bond donors (Lipinski definition) is 2. The zero-order chi connectivity index (χ0) is 64.1. The minimum atomic E-state index is -4.14. The highest BCUT2D eigenvalue weighted by atomic mass is 35.5. The first-order valence-electron chi connectivity index (χ1n) is 30.3. The van der Waals surface area contributed by atoms with Crippen LogP contribution in [0.1, 0.15) is 150 Å². The van der Waals surface area contributed by atoms with Gasteiger partial charge < -0.3 is 24.6 Å². The van der Waals surface area contributed by atoms with E-state index >= 15 is 0 Å². The van der Waals surface area contributed by atoms with E-state index in [0.717, 1.165) is 130 Å². The second-order valence-electron chi connectivity index (χ2n) is 21.2. The van der Waals surface area contributed by atoms with Gasteiger partial charge in [0.2, 0.25) is 11.0 Å². The maximum atomic E-state index is 14.2. The van der Waals surface area contributed by atoms with Gasteiger partial charge in [0.25, 0.3) is 10.0 Å². The van der Waals surface area contributed by atoms with Crippen molar-refractivity contribution in [2.45, 2.75) is 136 Å². The summed E-state index contributed by atoms with van der Waals surface area (Å²) in [7, 11) is -2.58. The van der Waals surface area contributed by atoms with Crippen molar-refractivity contribution in [3.05, 3.63) is 122 Å². The Morgan fingerprint density at radius 3 is 2.16 bits per heavy atom. The Kier molecular flexibility index (Phi) is 29.2. The van der Waals surface area contributed by atoms with Gasteiger partial charge in [0.15, 0.2) is 16.4 Å². The molecule has 2 atom stereocenters. The number of aryl methyl sites for hydroxylation is 1. The summed E-state index contributed by atoms with van der Waals surface area (Å²) in [4.78, 5) is 34.7. The number of nitrogens with one attached hydrogen (secondary N) is 2. The first-order chi connectivity index (χ1) is 43.2. The number of amides is 1. The van der Waals surface area contributed by atoms with E-state index in [9.17, 15) is 33.8 Å². The molecule has 0 bridgehead atoms. The van der Waals surface area contributed by atoms with E-state index in [1.165, 1.54) is 6.08 Å². The second kappa shape index (κ2) is 36.8. The molecule has 0 fully saturated rings. The van der Waals surface area contributed by atoms with Gasteiger partial charge in [-0.1, -0.05) is 157 Å². The number of halogens is 2. The number of rotatable bonds is 38. The lowest BCUT2D eigenvalue weighted by Crippen LogP contribution is -2.36. The van der Waals surface area contributed by atoms with Crippen molar-refractivity contribution in [3.63, 3.8) is 0 Å². The van der Waals surface area contributed by atoms with Crippen LogP contribution in [0.3, 0.4) is 0 Å². The Morgan fingerprint density at radius 1 is 0.753 bits per heavy atom. The van der Waals surface area contributed by atoms with Crippen molar-refractivity contribution >= 4 is 124 Å². The Hall–Kier alpha value is -7.55. The zero-order valence-corrected chi connectivity index (χ0v) is 55.4. The number of nitrogens with zero attached hydrogens (tertiary/aromatic N) is 10. The molecule has 23 heteroatoms. The van der Waals surface area contributed by atoms with Gasteiger partial charge in [0.1, 0.15) is 51.3 Å². The Labute approximate surface area is 542 Å². The standard InChI is InChI=1S/C66H78Cl2N12O6S3/c1-7-12-22-46-27-30-52(31-28-46)89(83,84)78-57-39-58(59(85-6)40-56(57)75-77-66-73-64(68)61(45-81)88-66)79(34-36-86-35-10-4)44-48(11-5)49(21-9-3)23-17-14-15-20-26-62(82)72-55-38-51(80(33-13-8-2)50-24-18-16-19-25-50)29-32-54(55)74-76-65-53(43-71)63(67)60(87-65)37-47(41-69)42-70/h16,18-19,24-25,27-32,37-40,45,48-49,78H,7-15,17,20-23,26,33-36,44H2,1-6H3,(H,72,82). The minimum absolute atomic E-state index is 0.00564. The van der Waals surface area contributed by atoms with Crippen LogP contribution in [0.5, 0.6) is 5.75 Å². The van der Waals surface area contributed by atoms with Crippen LogP contribution >= 0.6 is 45.9 Å². The molecule has 2 aromatic heterocycles. The van der Waals surface area contributed by atoms with Crippen molar-refractivity contribution in [2.75, 3.05) is 59.8 Å². The van der Waals surface area contributed by atoms with Crippen LogP contribution in [0, 0.1) is 45.8 Å². The lowest BCUT2D eigenvalue weighted by molar-refractivity contribution is -0.116. The van der Waals surface area contributed by atoms with Gasteiger partial charge in [0, 0.05) is 50.1 Å². The molecular formula is C66H78Cl2N12O6S3. The number of aldehydes is 1. The van der Waals surface area contributed by atoms with Crippen molar-refractivity contribution in [3.8, 4) is 24.0 Å². The van der Waals surface area contributed by atoms with Crippen LogP contribution in [-0.4, -0.2) is 65.6 Å². The molecule has 18 nitrogen and oxygen atoms in total. The molecule has 4 aromatic carbocycles. The predicted molar refractivity (Wildman–Crippen MR) is 360 cm³/mol. The number of hydrogen-bond acceptors (Lipinski definition) is 18. The summed E-state index contributed by atoms with van der Waals surface area (Å²) < 4.78 is 43.5. The van der Waals surface area contributed by atoms with E-state index in [1.54, 1.807) is 37.4 Å². The highest BCUT2D eigenvalue weighted by Gasteiger charge is 2.27. The van der Waals surface area contributed by atoms with E-state index in [1.807, 2.05) is 66.7 Å². The Balaban J connectivity index is 1.20. The van der Waals surface area contributed by atoms with Crippen LogP contribution in [-0.2, 0) is 26.0 Å². The molecule has 470 valence electrons. The molecule has 1 amide bonds. The van der Waals surface area contributed by atoms with Gasteiger partial charge in [0.05, 0.1) is 45.6 Å². The third kappa shape index (κ3) is 20.8. The van der Waals surface area contributed by atoms with Crippen molar-refractivity contribution in [2.24, 2.45) is 32.3 Å². The van der Waals surface area contributed by atoms with Gasteiger partial charge >= 0.3 is 0 Å². The van der Waals surface area contributed by atoms with Gasteiger partial charge in [-0.3, -0.25) is 14.3 Å². The number of para-hydroxylation sites is 1. The first kappa shape index (κ1) is 70.5. The van der Waals surface area contributed by atoms with E-state index in [2.05, 4.69) is 86.0 Å². The summed E-state index contributed by atoms with van der Waals surface area (Å²) in [5.41, 5.74) is 4.54. The number of allylic oxidation sites excluding steroid dienone is 1. The zero-order valence-electron chi connectivity index (χ0n) is 51.4. The number of sulfonamides is 1. The van der Waals surface area contributed by atoms with E-state index in [0.29, 0.717) is 72.6 Å². The lowest BCUT2D eigenvalue weighted by Gasteiger charge is -2.34. The molecule has 0 radical (unpaired) electrons. The summed E-state index contributed by atoms with van der Waals surface area (Å²) in [5, 5.41) is 49.9. The fraction of sp³-hybridized carbons (Fsp3) is 0.424. The topological polar surface area (TPSA) is 251 Å². The smallest absolute Gasteiger partial charge is 0.261 e. The van der Waals surface area contributed by atoms with Crippen LogP contribution < -0.4 is 24.6 Å². The Bertz CT molecular complexity index is 3610. The first-order valence-corrected chi connectivity index (χ1v) is 34.2. The molecule has 6 aromatic rings. The summed E-state index contributed by atoms with van der Waals surface area (Å²) in [6.45, 7) is 13.6. The van der Waals surface area contributed by atoms with Gasteiger partial charge in [-0.25, -0.2) is 13.4 Å². The fourth-order valence-corrected chi connectivity index (χ4v) is 13.4. The number of ether oxygens (including phenoxy) is 2. The molecular weight excluding hydrogens is 1220 g/mol. The molecule has 2 heterocycles. The summed E-state index contributed by atoms with van der Waals surface area (Å²) in [6, 6.07) is 31.6. The van der Waals surface area contributed by atoms with E-state index < -0.39 is 10.0 Å². The largest absolute Gasteiger partial charge is 0.494 e. The molecule has 0 aliphatic rings. The monoisotopic (exact) mass is 1300 g/mol. The lowest BCUT2D eigenvalue weighted by atomic mass is 9.82. The molecule has 6 rings (SSSR count). The molecule has 0 aliphatic carbocycles. The minimum Gasteiger partial charge on any atom is -0.494 e. The number of carbonyl (C=O) groups excluding carboxylic acids is 2. The second-order valence-corrected chi connectivity index (χ2v) is 25.7. The quantitative estimate of drug-likeness (QED) is 0.0159. The number of anilines is 5. The van der Waals surface area contributed by atoms with Gasteiger partial charge in [-0.15, -0.1) is 31.8 Å². The molecule has 0 aliphatic heterocycles. The molecule has 0 spiro atoms. The van der Waals surface area contributed by atoms with Gasteiger partial charge in [-0.2, -0.15) is 15.8 Å². The Morgan fingerprint density at radius 2 is 1.49 bits per heavy atom. The van der Waals surface area contributed by atoms with E-state index in [-0.39, 0.29) is 70.8 Å². The summed E-state index contributed by atoms with van der Waals surface area (Å²) >= 11 is 14.7. The van der Waals surface area contributed by atoms with Crippen LogP contribution in [0.15, 0.2) is 116 Å². The van der Waals surface area contributed by atoms with Crippen molar-refractivity contribution in [1.29, 1.82) is 15.8 Å². The maximum Gasteiger partial charge on any atom is 0.261 e. The average molecular weight is 1300 g/mol. The number of nitriles is 3. The fourth-order valence-electron chi connectivity index (χ4n) is 10.1.